The summed E-state index contributed by atoms with van der Waals surface area (Å²) >= 11 is 0. The van der Waals surface area contributed by atoms with Gasteiger partial charge in [-0.1, -0.05) is 0 Å². The second-order valence-electron chi connectivity index (χ2n) is 6.54. The molecule has 1 aromatic heterocycles. The number of benzene rings is 1. The molecule has 1 fully saturated rings. The first-order valence-corrected chi connectivity index (χ1v) is 9.19. The van der Waals surface area contributed by atoms with E-state index in [2.05, 4.69) is 5.10 Å². The minimum Gasteiger partial charge on any atom is -0.497 e. The van der Waals surface area contributed by atoms with Crippen molar-refractivity contribution in [1.82, 2.24) is 14.7 Å². The highest BCUT2D eigenvalue weighted by atomic mass is 16.5. The number of carbonyl (C=O) groups excluding carboxylic acids is 1. The van der Waals surface area contributed by atoms with Gasteiger partial charge in [-0.25, -0.2) is 4.68 Å². The van der Waals surface area contributed by atoms with Crippen molar-refractivity contribution in [3.63, 3.8) is 0 Å². The molecule has 1 aliphatic heterocycles. The second kappa shape index (κ2) is 8.88. The Hall–Kier alpha value is -2.87. The average molecular weight is 387 g/mol. The topological polar surface area (TPSA) is 82.9 Å². The summed E-state index contributed by atoms with van der Waals surface area (Å²) < 4.78 is 17.1. The van der Waals surface area contributed by atoms with Gasteiger partial charge in [0.25, 0.3) is 11.5 Å². The van der Waals surface area contributed by atoms with Crippen molar-refractivity contribution in [2.24, 2.45) is 0 Å². The minimum absolute atomic E-state index is 0.140. The van der Waals surface area contributed by atoms with Crippen LogP contribution in [0.5, 0.6) is 11.5 Å². The summed E-state index contributed by atoms with van der Waals surface area (Å²) in [5, 5.41) is 4.24. The second-order valence-corrected chi connectivity index (χ2v) is 6.54. The lowest BCUT2D eigenvalue weighted by Gasteiger charge is -2.26. The molecule has 0 saturated carbocycles. The van der Waals surface area contributed by atoms with Crippen LogP contribution in [-0.2, 0) is 11.3 Å². The zero-order valence-electron chi connectivity index (χ0n) is 16.4. The van der Waals surface area contributed by atoms with E-state index in [-0.39, 0.29) is 23.2 Å². The molecule has 3 rings (SSSR count). The molecule has 28 heavy (non-hydrogen) atoms. The number of amides is 1. The zero-order chi connectivity index (χ0) is 20.1. The molecule has 2 heterocycles. The first kappa shape index (κ1) is 19.9. The van der Waals surface area contributed by atoms with E-state index in [0.29, 0.717) is 31.2 Å². The maximum absolute atomic E-state index is 13.2. The number of carbonyl (C=O) groups is 1. The van der Waals surface area contributed by atoms with Gasteiger partial charge in [0.2, 0.25) is 0 Å². The Bertz CT molecular complexity index is 896. The first-order valence-electron chi connectivity index (χ1n) is 9.19. The van der Waals surface area contributed by atoms with E-state index in [0.717, 1.165) is 18.4 Å². The fourth-order valence-electron chi connectivity index (χ4n) is 3.48. The highest BCUT2D eigenvalue weighted by Gasteiger charge is 2.33. The van der Waals surface area contributed by atoms with Crippen LogP contribution in [0.1, 0.15) is 34.9 Å². The number of ether oxygens (including phenoxy) is 3. The molecular weight excluding hydrogens is 362 g/mol. The molecule has 0 spiro atoms. The maximum Gasteiger partial charge on any atom is 0.274 e. The molecule has 2 aromatic rings. The Morgan fingerprint density at radius 3 is 2.71 bits per heavy atom. The van der Waals surface area contributed by atoms with Gasteiger partial charge in [0.1, 0.15) is 17.2 Å². The predicted molar refractivity (Wildman–Crippen MR) is 103 cm³/mol. The Balaban J connectivity index is 1.91. The van der Waals surface area contributed by atoms with Crippen LogP contribution >= 0.6 is 0 Å². The molecule has 8 heteroatoms. The van der Waals surface area contributed by atoms with Gasteiger partial charge in [-0.2, -0.15) is 5.10 Å². The van der Waals surface area contributed by atoms with E-state index < -0.39 is 0 Å². The van der Waals surface area contributed by atoms with Gasteiger partial charge in [-0.05, 0) is 37.1 Å². The summed E-state index contributed by atoms with van der Waals surface area (Å²) in [7, 11) is 4.77. The summed E-state index contributed by atoms with van der Waals surface area (Å²) in [5.41, 5.74) is 0.880. The quantitative estimate of drug-likeness (QED) is 0.721. The predicted octanol–water partition coefficient (Wildman–Crippen LogP) is 1.88. The van der Waals surface area contributed by atoms with Crippen molar-refractivity contribution in [3.05, 3.63) is 51.9 Å². The highest BCUT2D eigenvalue weighted by molar-refractivity contribution is 5.92. The number of hydrogen-bond donors (Lipinski definition) is 0. The molecule has 0 N–H and O–H groups in total. The van der Waals surface area contributed by atoms with E-state index in [9.17, 15) is 9.59 Å². The van der Waals surface area contributed by atoms with E-state index in [1.54, 1.807) is 26.2 Å². The summed E-state index contributed by atoms with van der Waals surface area (Å²) in [6.45, 7) is 1.25. The third kappa shape index (κ3) is 4.01. The Kier molecular flexibility index (Phi) is 6.30. The van der Waals surface area contributed by atoms with Gasteiger partial charge in [0.05, 0.1) is 33.4 Å². The zero-order valence-corrected chi connectivity index (χ0v) is 16.4. The van der Waals surface area contributed by atoms with Crippen molar-refractivity contribution in [2.45, 2.75) is 25.4 Å². The lowest BCUT2D eigenvalue weighted by Crippen LogP contribution is -2.34. The summed E-state index contributed by atoms with van der Waals surface area (Å²) in [4.78, 5) is 26.9. The largest absolute Gasteiger partial charge is 0.497 e. The van der Waals surface area contributed by atoms with Crippen molar-refractivity contribution in [3.8, 4) is 11.5 Å². The maximum atomic E-state index is 13.2. The van der Waals surface area contributed by atoms with Gasteiger partial charge < -0.3 is 19.1 Å². The lowest BCUT2D eigenvalue weighted by atomic mass is 10.0. The number of rotatable bonds is 7. The van der Waals surface area contributed by atoms with Crippen molar-refractivity contribution in [2.75, 3.05) is 34.5 Å². The Labute approximate surface area is 163 Å². The smallest absolute Gasteiger partial charge is 0.274 e. The summed E-state index contributed by atoms with van der Waals surface area (Å²) in [6.07, 6.45) is 1.69. The minimum atomic E-state index is -0.263. The standard InChI is InChI=1S/C20H25N3O5/c1-26-12-11-23-19(24)9-7-16(21-23)20(25)22-10-4-5-17(22)15-13-14(27-2)6-8-18(15)28-3/h6-9,13,17H,4-5,10-12H2,1-3H3. The molecule has 1 unspecified atom stereocenters. The van der Waals surface area contributed by atoms with Crippen LogP contribution in [0.25, 0.3) is 0 Å². The molecule has 1 amide bonds. The van der Waals surface area contributed by atoms with E-state index in [1.165, 1.54) is 16.8 Å². The van der Waals surface area contributed by atoms with Gasteiger partial charge in [-0.3, -0.25) is 9.59 Å². The molecule has 1 saturated heterocycles. The third-order valence-corrected chi connectivity index (χ3v) is 4.90. The van der Waals surface area contributed by atoms with Gasteiger partial charge in [0.15, 0.2) is 0 Å². The van der Waals surface area contributed by atoms with Crippen LogP contribution in [-0.4, -0.2) is 55.1 Å². The Morgan fingerprint density at radius 2 is 2.00 bits per heavy atom. The van der Waals surface area contributed by atoms with Crippen molar-refractivity contribution >= 4 is 5.91 Å². The SMILES string of the molecule is COCCn1nc(C(=O)N2CCCC2c2cc(OC)ccc2OC)ccc1=O. The normalized spacial score (nSPS) is 16.2. The fourth-order valence-corrected chi connectivity index (χ4v) is 3.48. The molecule has 0 radical (unpaired) electrons. The van der Waals surface area contributed by atoms with E-state index >= 15 is 0 Å². The van der Waals surface area contributed by atoms with Crippen molar-refractivity contribution in [1.29, 1.82) is 0 Å². The van der Waals surface area contributed by atoms with Crippen molar-refractivity contribution < 1.29 is 19.0 Å². The third-order valence-electron chi connectivity index (χ3n) is 4.90. The number of likely N-dealkylation sites (tertiary alicyclic amines) is 1. The van der Waals surface area contributed by atoms with Crippen LogP contribution in [0, 0.1) is 0 Å². The molecular formula is C20H25N3O5. The molecule has 1 atom stereocenters. The molecule has 8 nitrogen and oxygen atoms in total. The highest BCUT2D eigenvalue weighted by Crippen LogP contribution is 2.39. The van der Waals surface area contributed by atoms with Crippen LogP contribution in [0.15, 0.2) is 35.1 Å². The van der Waals surface area contributed by atoms with Crippen LogP contribution < -0.4 is 15.0 Å². The van der Waals surface area contributed by atoms with Crippen LogP contribution in [0.2, 0.25) is 0 Å². The average Bonchev–Trinajstić information content (AvgIpc) is 3.21. The van der Waals surface area contributed by atoms with Gasteiger partial charge in [0, 0.05) is 25.3 Å². The number of hydrogen-bond acceptors (Lipinski definition) is 6. The van der Waals surface area contributed by atoms with E-state index in [1.807, 2.05) is 18.2 Å². The molecule has 0 bridgehead atoms. The summed E-state index contributed by atoms with van der Waals surface area (Å²) in [6, 6.07) is 8.29. The van der Waals surface area contributed by atoms with Gasteiger partial charge >= 0.3 is 0 Å². The summed E-state index contributed by atoms with van der Waals surface area (Å²) in [5.74, 6) is 1.21. The van der Waals surface area contributed by atoms with Crippen LogP contribution in [0.4, 0.5) is 0 Å². The monoisotopic (exact) mass is 387 g/mol. The fraction of sp³-hybridized carbons (Fsp3) is 0.450. The molecule has 150 valence electrons. The molecule has 1 aliphatic rings. The lowest BCUT2D eigenvalue weighted by molar-refractivity contribution is 0.0724. The van der Waals surface area contributed by atoms with E-state index in [4.69, 9.17) is 14.2 Å². The Morgan fingerprint density at radius 1 is 1.18 bits per heavy atom. The first-order chi connectivity index (χ1) is 13.6. The van der Waals surface area contributed by atoms with Gasteiger partial charge in [-0.15, -0.1) is 0 Å². The number of nitrogens with zero attached hydrogens (tertiary/aromatic N) is 3. The molecule has 1 aromatic carbocycles. The number of aromatic nitrogens is 2. The number of methoxy groups -OCH3 is 3. The molecule has 0 aliphatic carbocycles. The van der Waals surface area contributed by atoms with Crippen LogP contribution in [0.3, 0.4) is 0 Å².